The summed E-state index contributed by atoms with van der Waals surface area (Å²) < 4.78 is 4.35. The molecule has 0 amide bonds. The highest BCUT2D eigenvalue weighted by Crippen LogP contribution is 2.05. The summed E-state index contributed by atoms with van der Waals surface area (Å²) in [4.78, 5) is 9.79. The van der Waals surface area contributed by atoms with Gasteiger partial charge in [-0.1, -0.05) is 6.42 Å². The fourth-order valence-corrected chi connectivity index (χ4v) is 1.06. The number of ether oxygens (including phenoxy) is 1. The molecule has 0 aliphatic carbocycles. The molecule has 14 heavy (non-hydrogen) atoms. The molecule has 1 aliphatic heterocycles. The van der Waals surface area contributed by atoms with E-state index in [-0.39, 0.29) is 0 Å². The van der Waals surface area contributed by atoms with Gasteiger partial charge in [0.1, 0.15) is 5.60 Å². The minimum absolute atomic E-state index is 0.578. The molecule has 0 bridgehead atoms. The summed E-state index contributed by atoms with van der Waals surface area (Å²) in [5.41, 5.74) is -0.578. The average molecular weight is 203 g/mol. The summed E-state index contributed by atoms with van der Waals surface area (Å²) in [6.45, 7) is 7.54. The third kappa shape index (κ3) is 11.2. The second-order valence-corrected chi connectivity index (χ2v) is 4.29. The Morgan fingerprint density at radius 3 is 1.79 bits per heavy atom. The van der Waals surface area contributed by atoms with Crippen molar-refractivity contribution in [2.45, 2.75) is 45.6 Å². The van der Waals surface area contributed by atoms with Crippen LogP contribution in [0.1, 0.15) is 40.0 Å². The molecule has 1 fully saturated rings. The van der Waals surface area contributed by atoms with E-state index in [9.17, 15) is 4.79 Å². The molecule has 1 aliphatic rings. The predicted octanol–water partition coefficient (Wildman–Crippen LogP) is 2.24. The summed E-state index contributed by atoms with van der Waals surface area (Å²) >= 11 is 0. The van der Waals surface area contributed by atoms with Crippen molar-refractivity contribution < 1.29 is 14.6 Å². The van der Waals surface area contributed by atoms with Gasteiger partial charge < -0.3 is 15.2 Å². The third-order valence-electron chi connectivity index (χ3n) is 1.60. The van der Waals surface area contributed by atoms with E-state index in [4.69, 9.17) is 5.11 Å². The van der Waals surface area contributed by atoms with Gasteiger partial charge in [-0.25, -0.2) is 4.79 Å². The average Bonchev–Trinajstić information content (AvgIpc) is 2.03. The lowest BCUT2D eigenvalue weighted by atomic mass is 10.2. The Balaban J connectivity index is 0.000000249. The standard InChI is InChI=1S/C5H11N.C5H10O3/c1-2-4-6-5-3-1;1-5(2,3)8-4(6)7/h6H,1-5H2;1-3H3,(H,6,7). The maximum Gasteiger partial charge on any atom is 0.506 e. The molecule has 84 valence electrons. The first-order valence-electron chi connectivity index (χ1n) is 5.04. The Labute approximate surface area is 85.6 Å². The van der Waals surface area contributed by atoms with E-state index >= 15 is 0 Å². The summed E-state index contributed by atoms with van der Waals surface area (Å²) in [5.74, 6) is 0. The van der Waals surface area contributed by atoms with E-state index in [0.717, 1.165) is 0 Å². The van der Waals surface area contributed by atoms with Gasteiger partial charge in [-0.15, -0.1) is 0 Å². The molecule has 0 aromatic carbocycles. The SMILES string of the molecule is C1CCNCC1.CC(C)(C)OC(=O)O. The number of piperidine rings is 1. The van der Waals surface area contributed by atoms with Crippen LogP contribution in [-0.4, -0.2) is 30.0 Å². The molecule has 2 N–H and O–H groups in total. The molecule has 0 unspecified atom stereocenters. The predicted molar refractivity (Wildman–Crippen MR) is 55.6 cm³/mol. The van der Waals surface area contributed by atoms with Crippen molar-refractivity contribution in [3.8, 4) is 0 Å². The van der Waals surface area contributed by atoms with Gasteiger partial charge in [0.25, 0.3) is 0 Å². The van der Waals surface area contributed by atoms with Crippen molar-refractivity contribution in [1.82, 2.24) is 5.32 Å². The van der Waals surface area contributed by atoms with Crippen LogP contribution in [0.15, 0.2) is 0 Å². The second kappa shape index (κ2) is 6.65. The lowest BCUT2D eigenvalue weighted by Crippen LogP contribution is -2.22. The molecular weight excluding hydrogens is 182 g/mol. The molecular formula is C10H21NO3. The molecule has 1 saturated heterocycles. The second-order valence-electron chi connectivity index (χ2n) is 4.29. The van der Waals surface area contributed by atoms with Crippen molar-refractivity contribution in [2.75, 3.05) is 13.1 Å². The number of carbonyl (C=O) groups is 1. The van der Waals surface area contributed by atoms with Crippen LogP contribution in [0.2, 0.25) is 0 Å². The molecule has 0 aromatic heterocycles. The van der Waals surface area contributed by atoms with Crippen LogP contribution in [-0.2, 0) is 4.74 Å². The van der Waals surface area contributed by atoms with Gasteiger partial charge in [0, 0.05) is 0 Å². The van der Waals surface area contributed by atoms with Gasteiger partial charge in [0.15, 0.2) is 0 Å². The number of hydrogen-bond donors (Lipinski definition) is 2. The topological polar surface area (TPSA) is 58.6 Å². The van der Waals surface area contributed by atoms with Gasteiger partial charge in [0.2, 0.25) is 0 Å². The normalized spacial score (nSPS) is 16.5. The minimum Gasteiger partial charge on any atom is -0.450 e. The highest BCUT2D eigenvalue weighted by molar-refractivity contribution is 5.57. The number of nitrogens with one attached hydrogen (secondary N) is 1. The van der Waals surface area contributed by atoms with E-state index < -0.39 is 11.8 Å². The van der Waals surface area contributed by atoms with Gasteiger partial charge in [-0.2, -0.15) is 0 Å². The summed E-state index contributed by atoms with van der Waals surface area (Å²) in [5, 5.41) is 11.3. The molecule has 1 heterocycles. The van der Waals surface area contributed by atoms with Crippen LogP contribution in [0.4, 0.5) is 4.79 Å². The van der Waals surface area contributed by atoms with Crippen molar-refractivity contribution in [2.24, 2.45) is 0 Å². The molecule has 4 nitrogen and oxygen atoms in total. The van der Waals surface area contributed by atoms with Crippen molar-refractivity contribution in [1.29, 1.82) is 0 Å². The molecule has 0 radical (unpaired) electrons. The van der Waals surface area contributed by atoms with E-state index in [2.05, 4.69) is 10.1 Å². The first kappa shape index (κ1) is 13.2. The fourth-order valence-electron chi connectivity index (χ4n) is 1.06. The molecule has 0 aromatic rings. The van der Waals surface area contributed by atoms with E-state index in [1.807, 2.05) is 0 Å². The molecule has 0 spiro atoms. The van der Waals surface area contributed by atoms with Gasteiger partial charge in [0.05, 0.1) is 0 Å². The first-order valence-corrected chi connectivity index (χ1v) is 5.04. The summed E-state index contributed by atoms with van der Waals surface area (Å²) in [7, 11) is 0. The van der Waals surface area contributed by atoms with Crippen molar-refractivity contribution in [3.05, 3.63) is 0 Å². The number of carboxylic acid groups (broad SMARTS) is 1. The Bertz CT molecular complexity index is 148. The highest BCUT2D eigenvalue weighted by Gasteiger charge is 2.13. The maximum atomic E-state index is 9.79. The first-order chi connectivity index (χ1) is 6.42. The fraction of sp³-hybridized carbons (Fsp3) is 0.900. The molecule has 0 saturated carbocycles. The Morgan fingerprint density at radius 2 is 1.71 bits per heavy atom. The van der Waals surface area contributed by atoms with E-state index in [1.54, 1.807) is 20.8 Å². The Hall–Kier alpha value is -0.770. The van der Waals surface area contributed by atoms with Crippen LogP contribution in [0.25, 0.3) is 0 Å². The molecule has 4 heteroatoms. The van der Waals surface area contributed by atoms with Crippen molar-refractivity contribution >= 4 is 6.16 Å². The monoisotopic (exact) mass is 203 g/mol. The minimum atomic E-state index is -1.22. The number of hydrogen-bond acceptors (Lipinski definition) is 3. The van der Waals surface area contributed by atoms with E-state index in [0.29, 0.717) is 0 Å². The highest BCUT2D eigenvalue weighted by atomic mass is 16.7. The maximum absolute atomic E-state index is 9.79. The van der Waals surface area contributed by atoms with Crippen LogP contribution < -0.4 is 5.32 Å². The lowest BCUT2D eigenvalue weighted by molar-refractivity contribution is 0.0150. The van der Waals surface area contributed by atoms with Crippen molar-refractivity contribution in [3.63, 3.8) is 0 Å². The van der Waals surface area contributed by atoms with Crippen LogP contribution >= 0.6 is 0 Å². The smallest absolute Gasteiger partial charge is 0.450 e. The third-order valence-corrected chi connectivity index (χ3v) is 1.60. The number of rotatable bonds is 0. The van der Waals surface area contributed by atoms with Crippen LogP contribution in [0, 0.1) is 0 Å². The molecule has 1 rings (SSSR count). The van der Waals surface area contributed by atoms with Gasteiger partial charge in [-0.05, 0) is 46.7 Å². The summed E-state index contributed by atoms with van der Waals surface area (Å²) in [6, 6.07) is 0. The van der Waals surface area contributed by atoms with Crippen LogP contribution in [0.3, 0.4) is 0 Å². The largest absolute Gasteiger partial charge is 0.506 e. The Kier molecular flexibility index (Phi) is 6.28. The van der Waals surface area contributed by atoms with Gasteiger partial charge >= 0.3 is 6.16 Å². The zero-order valence-electron chi connectivity index (χ0n) is 9.30. The molecule has 0 atom stereocenters. The zero-order chi connectivity index (χ0) is 11.0. The Morgan fingerprint density at radius 1 is 1.21 bits per heavy atom. The quantitative estimate of drug-likeness (QED) is 0.593. The van der Waals surface area contributed by atoms with Gasteiger partial charge in [-0.3, -0.25) is 0 Å². The lowest BCUT2D eigenvalue weighted by Gasteiger charge is -2.15. The zero-order valence-corrected chi connectivity index (χ0v) is 9.30. The summed E-state index contributed by atoms with van der Waals surface area (Å²) in [6.07, 6.45) is 2.99. The van der Waals surface area contributed by atoms with Crippen LogP contribution in [0.5, 0.6) is 0 Å². The van der Waals surface area contributed by atoms with E-state index in [1.165, 1.54) is 32.4 Å².